The Labute approximate surface area is 170 Å². The summed E-state index contributed by atoms with van der Waals surface area (Å²) in [5.74, 6) is 1.71. The van der Waals surface area contributed by atoms with Gasteiger partial charge in [-0.05, 0) is 24.1 Å². The Morgan fingerprint density at radius 3 is 2.45 bits per heavy atom. The minimum absolute atomic E-state index is 0.0313. The fourth-order valence-electron chi connectivity index (χ4n) is 2.71. The molecule has 0 unspecified atom stereocenters. The molecule has 0 amide bonds. The van der Waals surface area contributed by atoms with Crippen LogP contribution in [0.1, 0.15) is 18.9 Å². The van der Waals surface area contributed by atoms with E-state index >= 15 is 0 Å². The largest absolute Gasteiger partial charge is 0.497 e. The molecule has 0 fully saturated rings. The van der Waals surface area contributed by atoms with Gasteiger partial charge in [-0.1, -0.05) is 37.3 Å². The number of hydrogen-bond acceptors (Lipinski definition) is 6. The van der Waals surface area contributed by atoms with Crippen LogP contribution in [-0.4, -0.2) is 31.2 Å². The van der Waals surface area contributed by atoms with Crippen LogP contribution in [0.15, 0.2) is 60.9 Å². The van der Waals surface area contributed by atoms with Gasteiger partial charge in [0.25, 0.3) is 0 Å². The average molecular weight is 413 g/mol. The van der Waals surface area contributed by atoms with E-state index in [1.165, 1.54) is 12.4 Å². The topological polar surface area (TPSA) is 90.4 Å². The Morgan fingerprint density at radius 1 is 1.00 bits per heavy atom. The molecule has 1 N–H and O–H groups in total. The summed E-state index contributed by atoms with van der Waals surface area (Å²) in [6.45, 7) is 2.20. The lowest BCUT2D eigenvalue weighted by Crippen LogP contribution is -2.17. The number of benzene rings is 2. The van der Waals surface area contributed by atoms with Crippen molar-refractivity contribution < 1.29 is 17.9 Å². The lowest BCUT2D eigenvalue weighted by Gasteiger charge is -2.11. The van der Waals surface area contributed by atoms with Crippen molar-refractivity contribution in [1.82, 2.24) is 9.97 Å². The first-order valence-electron chi connectivity index (χ1n) is 9.18. The molecule has 3 aromatic rings. The molecule has 0 saturated carbocycles. The zero-order valence-electron chi connectivity index (χ0n) is 16.3. The molecule has 0 spiro atoms. The van der Waals surface area contributed by atoms with Crippen LogP contribution < -0.4 is 14.2 Å². The second-order valence-corrected chi connectivity index (χ2v) is 8.18. The van der Waals surface area contributed by atoms with Crippen molar-refractivity contribution in [3.05, 3.63) is 66.5 Å². The minimum Gasteiger partial charge on any atom is -0.497 e. The minimum atomic E-state index is -3.45. The Kier molecular flexibility index (Phi) is 6.66. The summed E-state index contributed by atoms with van der Waals surface area (Å²) in [6, 6.07) is 15.0. The number of methoxy groups -OCH3 is 1. The predicted octanol–water partition coefficient (Wildman–Crippen LogP) is 3.88. The van der Waals surface area contributed by atoms with Crippen LogP contribution in [0.25, 0.3) is 11.3 Å². The third kappa shape index (κ3) is 5.68. The number of ether oxygens (including phenoxy) is 2. The van der Waals surface area contributed by atoms with Crippen molar-refractivity contribution in [2.75, 3.05) is 17.6 Å². The van der Waals surface area contributed by atoms with Crippen molar-refractivity contribution in [2.24, 2.45) is 0 Å². The summed E-state index contributed by atoms with van der Waals surface area (Å²) in [4.78, 5) is 8.45. The van der Waals surface area contributed by atoms with Crippen LogP contribution in [0.5, 0.6) is 11.5 Å². The van der Waals surface area contributed by atoms with Gasteiger partial charge in [-0.25, -0.2) is 13.4 Å². The van der Waals surface area contributed by atoms with Crippen molar-refractivity contribution in [1.29, 1.82) is 0 Å². The summed E-state index contributed by atoms with van der Waals surface area (Å²) >= 11 is 0. The van der Waals surface area contributed by atoms with Gasteiger partial charge in [-0.2, -0.15) is 0 Å². The molecular weight excluding hydrogens is 390 g/mol. The van der Waals surface area contributed by atoms with E-state index in [1.807, 2.05) is 55.5 Å². The van der Waals surface area contributed by atoms with E-state index in [4.69, 9.17) is 9.47 Å². The molecule has 8 heteroatoms. The first-order chi connectivity index (χ1) is 14.0. The van der Waals surface area contributed by atoms with Crippen molar-refractivity contribution in [3.63, 3.8) is 0 Å². The van der Waals surface area contributed by atoms with Crippen molar-refractivity contribution in [2.45, 2.75) is 20.0 Å². The second-order valence-electron chi connectivity index (χ2n) is 6.34. The van der Waals surface area contributed by atoms with Gasteiger partial charge in [0.2, 0.25) is 10.0 Å². The summed E-state index contributed by atoms with van der Waals surface area (Å²) in [5, 5.41) is 0. The van der Waals surface area contributed by atoms with E-state index in [9.17, 15) is 8.42 Å². The Bertz CT molecular complexity index is 1050. The van der Waals surface area contributed by atoms with E-state index in [0.29, 0.717) is 18.7 Å². The maximum atomic E-state index is 12.1. The monoisotopic (exact) mass is 413 g/mol. The average Bonchev–Trinajstić information content (AvgIpc) is 2.73. The number of hydrogen-bond donors (Lipinski definition) is 1. The van der Waals surface area contributed by atoms with E-state index in [0.717, 1.165) is 22.6 Å². The van der Waals surface area contributed by atoms with E-state index in [2.05, 4.69) is 14.7 Å². The highest BCUT2D eigenvalue weighted by Gasteiger charge is 2.15. The van der Waals surface area contributed by atoms with Gasteiger partial charge in [-0.3, -0.25) is 9.71 Å². The molecule has 1 heterocycles. The predicted molar refractivity (Wildman–Crippen MR) is 112 cm³/mol. The van der Waals surface area contributed by atoms with Gasteiger partial charge < -0.3 is 9.47 Å². The van der Waals surface area contributed by atoms with E-state index in [-0.39, 0.29) is 11.6 Å². The molecule has 3 rings (SSSR count). The molecule has 0 aliphatic rings. The maximum absolute atomic E-state index is 12.1. The summed E-state index contributed by atoms with van der Waals surface area (Å²) in [6.07, 6.45) is 3.52. The Hall–Kier alpha value is -3.13. The van der Waals surface area contributed by atoms with Crippen LogP contribution >= 0.6 is 0 Å². The zero-order valence-corrected chi connectivity index (χ0v) is 17.1. The summed E-state index contributed by atoms with van der Waals surface area (Å²) < 4.78 is 37.7. The lowest BCUT2D eigenvalue weighted by molar-refractivity contribution is 0.303. The molecule has 7 nitrogen and oxygen atoms in total. The normalized spacial score (nSPS) is 11.1. The molecule has 152 valence electrons. The second kappa shape index (κ2) is 9.38. The highest BCUT2D eigenvalue weighted by atomic mass is 32.2. The molecule has 2 aromatic carbocycles. The zero-order chi connectivity index (χ0) is 20.7. The maximum Gasteiger partial charge on any atom is 0.233 e. The van der Waals surface area contributed by atoms with Gasteiger partial charge in [0.15, 0.2) is 5.82 Å². The Morgan fingerprint density at radius 2 is 1.72 bits per heavy atom. The standard InChI is InChI=1S/C21H23N3O4S/c1-3-13-29(25,26)24-21-20(22-11-12-23-21)17-9-7-16(8-10-17)15-28-19-6-4-5-18(14-19)27-2/h4-12,14H,3,13,15H2,1-2H3,(H,23,24). The number of nitrogens with zero attached hydrogens (tertiary/aromatic N) is 2. The molecule has 0 aliphatic carbocycles. The highest BCUT2D eigenvalue weighted by molar-refractivity contribution is 7.92. The van der Waals surface area contributed by atoms with Gasteiger partial charge in [0.1, 0.15) is 23.8 Å². The molecule has 0 aliphatic heterocycles. The molecule has 1 aromatic heterocycles. The summed E-state index contributed by atoms with van der Waals surface area (Å²) in [5.41, 5.74) is 2.21. The highest BCUT2D eigenvalue weighted by Crippen LogP contribution is 2.25. The number of aromatic nitrogens is 2. The third-order valence-electron chi connectivity index (χ3n) is 4.10. The van der Waals surface area contributed by atoms with Crippen molar-refractivity contribution in [3.8, 4) is 22.8 Å². The fourth-order valence-corrected chi connectivity index (χ4v) is 3.79. The first-order valence-corrected chi connectivity index (χ1v) is 10.8. The first kappa shape index (κ1) is 20.6. The van der Waals surface area contributed by atoms with E-state index < -0.39 is 10.0 Å². The van der Waals surface area contributed by atoms with Crippen LogP contribution in [0.2, 0.25) is 0 Å². The smallest absolute Gasteiger partial charge is 0.233 e. The van der Waals surface area contributed by atoms with Crippen LogP contribution in [0.4, 0.5) is 5.82 Å². The van der Waals surface area contributed by atoms with E-state index in [1.54, 1.807) is 7.11 Å². The third-order valence-corrected chi connectivity index (χ3v) is 5.55. The lowest BCUT2D eigenvalue weighted by atomic mass is 10.1. The Balaban J connectivity index is 1.73. The fraction of sp³-hybridized carbons (Fsp3) is 0.238. The molecular formula is C21H23N3O4S. The van der Waals surface area contributed by atoms with Gasteiger partial charge >= 0.3 is 0 Å². The van der Waals surface area contributed by atoms with Crippen LogP contribution in [0.3, 0.4) is 0 Å². The molecule has 0 atom stereocenters. The molecule has 0 saturated heterocycles. The molecule has 0 bridgehead atoms. The quantitative estimate of drug-likeness (QED) is 0.572. The number of sulfonamides is 1. The van der Waals surface area contributed by atoms with Gasteiger partial charge in [0.05, 0.1) is 12.9 Å². The van der Waals surface area contributed by atoms with Gasteiger partial charge in [0, 0.05) is 24.0 Å². The summed E-state index contributed by atoms with van der Waals surface area (Å²) in [7, 11) is -1.84. The van der Waals surface area contributed by atoms with Crippen LogP contribution in [0, 0.1) is 0 Å². The number of anilines is 1. The SMILES string of the molecule is CCCS(=O)(=O)Nc1nccnc1-c1ccc(COc2cccc(OC)c2)cc1. The van der Waals surface area contributed by atoms with Crippen LogP contribution in [-0.2, 0) is 16.6 Å². The number of rotatable bonds is 9. The molecule has 0 radical (unpaired) electrons. The van der Waals surface area contributed by atoms with Crippen molar-refractivity contribution >= 4 is 15.8 Å². The van der Waals surface area contributed by atoms with Gasteiger partial charge in [-0.15, -0.1) is 0 Å². The number of nitrogens with one attached hydrogen (secondary N) is 1. The molecule has 29 heavy (non-hydrogen) atoms.